The highest BCUT2D eigenvalue weighted by atomic mass is 35.5. The summed E-state index contributed by atoms with van der Waals surface area (Å²) in [6.45, 7) is 4.06. The van der Waals surface area contributed by atoms with Crippen LogP contribution in [0.4, 0.5) is 0 Å². The topological polar surface area (TPSA) is 58.6 Å². The average molecular weight is 258 g/mol. The summed E-state index contributed by atoms with van der Waals surface area (Å²) in [4.78, 5) is 11.8. The number of carbonyl (C=O) groups excluding carboxylic acids is 1. The van der Waals surface area contributed by atoms with Crippen LogP contribution in [0.15, 0.2) is 18.2 Å². The molecule has 1 aromatic rings. The molecule has 0 atom stereocenters. The predicted octanol–water partition coefficient (Wildman–Crippen LogP) is 2.20. The minimum atomic E-state index is -0.447. The van der Waals surface area contributed by atoms with Crippen LogP contribution in [0.3, 0.4) is 0 Å². The second-order valence-corrected chi connectivity index (χ2v) is 4.74. The number of benzene rings is 1. The molecule has 0 saturated heterocycles. The summed E-state index contributed by atoms with van der Waals surface area (Å²) in [5.41, 5.74) is -0.251. The number of hydrogen-bond acceptors (Lipinski definition) is 3. The van der Waals surface area contributed by atoms with E-state index in [4.69, 9.17) is 16.3 Å². The molecule has 0 fully saturated rings. The second kappa shape index (κ2) is 5.38. The number of phenolic OH excluding ortho intramolecular Hbond substituents is 1. The summed E-state index contributed by atoms with van der Waals surface area (Å²) in [5, 5.41) is 12.6. The van der Waals surface area contributed by atoms with E-state index in [0.717, 1.165) is 0 Å². The molecule has 1 aromatic carbocycles. The molecule has 94 valence electrons. The van der Waals surface area contributed by atoms with Crippen molar-refractivity contribution in [1.29, 1.82) is 0 Å². The van der Waals surface area contributed by atoms with Crippen molar-refractivity contribution in [3.05, 3.63) is 28.8 Å². The van der Waals surface area contributed by atoms with Crippen molar-refractivity contribution in [1.82, 2.24) is 5.32 Å². The van der Waals surface area contributed by atoms with Crippen LogP contribution in [0.5, 0.6) is 5.75 Å². The fourth-order valence-electron chi connectivity index (χ4n) is 1.16. The molecule has 0 heterocycles. The van der Waals surface area contributed by atoms with Gasteiger partial charge in [0.15, 0.2) is 0 Å². The molecule has 0 aliphatic carbocycles. The Kier molecular flexibility index (Phi) is 4.37. The van der Waals surface area contributed by atoms with E-state index in [2.05, 4.69) is 5.32 Å². The summed E-state index contributed by atoms with van der Waals surface area (Å²) >= 11 is 5.68. The fourth-order valence-corrected chi connectivity index (χ4v) is 1.32. The Morgan fingerprint density at radius 1 is 1.53 bits per heavy atom. The second-order valence-electron chi connectivity index (χ2n) is 4.31. The van der Waals surface area contributed by atoms with Crippen molar-refractivity contribution in [2.24, 2.45) is 0 Å². The molecule has 0 aliphatic heterocycles. The summed E-state index contributed by atoms with van der Waals surface area (Å²) < 4.78 is 5.17. The van der Waals surface area contributed by atoms with Crippen molar-refractivity contribution >= 4 is 17.5 Å². The molecule has 0 spiro atoms. The van der Waals surface area contributed by atoms with Gasteiger partial charge in [0, 0.05) is 18.7 Å². The number of phenols is 1. The molecular formula is C12H16ClNO3. The maximum absolute atomic E-state index is 11.8. The smallest absolute Gasteiger partial charge is 0.255 e. The summed E-state index contributed by atoms with van der Waals surface area (Å²) in [5.74, 6) is -0.491. The molecule has 0 radical (unpaired) electrons. The number of aromatic hydroxyl groups is 1. The molecule has 17 heavy (non-hydrogen) atoms. The molecule has 1 rings (SSSR count). The van der Waals surface area contributed by atoms with E-state index in [1.807, 2.05) is 13.8 Å². The van der Waals surface area contributed by atoms with E-state index < -0.39 is 5.60 Å². The number of carbonyl (C=O) groups is 1. The van der Waals surface area contributed by atoms with E-state index >= 15 is 0 Å². The average Bonchev–Trinajstić information content (AvgIpc) is 2.26. The highest BCUT2D eigenvalue weighted by Crippen LogP contribution is 2.21. The molecule has 0 unspecified atom stereocenters. The third kappa shape index (κ3) is 3.91. The predicted molar refractivity (Wildman–Crippen MR) is 66.5 cm³/mol. The number of methoxy groups -OCH3 is 1. The lowest BCUT2D eigenvalue weighted by atomic mass is 10.1. The number of ether oxygens (including phenoxy) is 1. The third-order valence-corrected chi connectivity index (χ3v) is 2.67. The monoisotopic (exact) mass is 257 g/mol. The van der Waals surface area contributed by atoms with Gasteiger partial charge in [0.25, 0.3) is 5.91 Å². The number of nitrogens with one attached hydrogen (secondary N) is 1. The normalized spacial score (nSPS) is 11.3. The Hall–Kier alpha value is -1.26. The van der Waals surface area contributed by atoms with E-state index in [0.29, 0.717) is 11.6 Å². The molecule has 0 aromatic heterocycles. The fraction of sp³-hybridized carbons (Fsp3) is 0.417. The number of rotatable bonds is 4. The number of hydrogen-bond donors (Lipinski definition) is 2. The SMILES string of the molecule is COC(C)(C)CNC(=O)c1ccc(Cl)cc1O. The van der Waals surface area contributed by atoms with Crippen LogP contribution in [-0.4, -0.2) is 30.3 Å². The minimum Gasteiger partial charge on any atom is -0.507 e. The number of amides is 1. The van der Waals surface area contributed by atoms with Gasteiger partial charge in [-0.15, -0.1) is 0 Å². The summed E-state index contributed by atoms with van der Waals surface area (Å²) in [6.07, 6.45) is 0. The molecule has 5 heteroatoms. The van der Waals surface area contributed by atoms with Crippen molar-refractivity contribution in [3.63, 3.8) is 0 Å². The highest BCUT2D eigenvalue weighted by molar-refractivity contribution is 6.30. The maximum Gasteiger partial charge on any atom is 0.255 e. The van der Waals surface area contributed by atoms with Crippen LogP contribution in [0.2, 0.25) is 5.02 Å². The minimum absolute atomic E-state index is 0.134. The van der Waals surface area contributed by atoms with Gasteiger partial charge in [0.05, 0.1) is 11.2 Å². The van der Waals surface area contributed by atoms with Crippen molar-refractivity contribution < 1.29 is 14.6 Å². The lowest BCUT2D eigenvalue weighted by molar-refractivity contribution is 0.0228. The Morgan fingerprint density at radius 3 is 2.71 bits per heavy atom. The molecule has 1 amide bonds. The van der Waals surface area contributed by atoms with E-state index in [1.54, 1.807) is 13.2 Å². The third-order valence-electron chi connectivity index (χ3n) is 2.43. The van der Waals surface area contributed by atoms with Crippen LogP contribution >= 0.6 is 11.6 Å². The first kappa shape index (κ1) is 13.8. The summed E-state index contributed by atoms with van der Waals surface area (Å²) in [7, 11) is 1.58. The Morgan fingerprint density at radius 2 is 2.18 bits per heavy atom. The van der Waals surface area contributed by atoms with Gasteiger partial charge in [0.2, 0.25) is 0 Å². The molecule has 2 N–H and O–H groups in total. The molecule has 0 aliphatic rings. The van der Waals surface area contributed by atoms with Crippen molar-refractivity contribution in [3.8, 4) is 5.75 Å². The Bertz CT molecular complexity index is 418. The quantitative estimate of drug-likeness (QED) is 0.869. The van der Waals surface area contributed by atoms with Crippen LogP contribution < -0.4 is 5.32 Å². The standard InChI is InChI=1S/C12H16ClNO3/c1-12(2,17-3)7-14-11(16)9-5-4-8(13)6-10(9)15/h4-6,15H,7H2,1-3H3,(H,14,16). The first-order valence-corrected chi connectivity index (χ1v) is 5.55. The van der Waals surface area contributed by atoms with Crippen LogP contribution in [0, 0.1) is 0 Å². The zero-order chi connectivity index (χ0) is 13.1. The first-order chi connectivity index (χ1) is 7.85. The van der Waals surface area contributed by atoms with E-state index in [9.17, 15) is 9.90 Å². The van der Waals surface area contributed by atoms with E-state index in [1.165, 1.54) is 12.1 Å². The zero-order valence-corrected chi connectivity index (χ0v) is 10.8. The van der Waals surface area contributed by atoms with Crippen LogP contribution in [0.25, 0.3) is 0 Å². The van der Waals surface area contributed by atoms with Gasteiger partial charge >= 0.3 is 0 Å². The zero-order valence-electron chi connectivity index (χ0n) is 10.1. The molecule has 4 nitrogen and oxygen atoms in total. The lowest BCUT2D eigenvalue weighted by Crippen LogP contribution is -2.39. The van der Waals surface area contributed by atoms with E-state index in [-0.39, 0.29) is 17.2 Å². The van der Waals surface area contributed by atoms with Gasteiger partial charge < -0.3 is 15.2 Å². The van der Waals surface area contributed by atoms with Crippen molar-refractivity contribution in [2.45, 2.75) is 19.4 Å². The van der Waals surface area contributed by atoms with Gasteiger partial charge in [-0.25, -0.2) is 0 Å². The van der Waals surface area contributed by atoms with Gasteiger partial charge in [-0.3, -0.25) is 4.79 Å². The Balaban J connectivity index is 2.71. The van der Waals surface area contributed by atoms with Gasteiger partial charge in [-0.1, -0.05) is 11.6 Å². The van der Waals surface area contributed by atoms with Crippen LogP contribution in [0.1, 0.15) is 24.2 Å². The first-order valence-electron chi connectivity index (χ1n) is 5.17. The van der Waals surface area contributed by atoms with Gasteiger partial charge in [-0.05, 0) is 32.0 Å². The highest BCUT2D eigenvalue weighted by Gasteiger charge is 2.19. The molecular weight excluding hydrogens is 242 g/mol. The van der Waals surface area contributed by atoms with Gasteiger partial charge in [0.1, 0.15) is 5.75 Å². The molecule has 0 bridgehead atoms. The lowest BCUT2D eigenvalue weighted by Gasteiger charge is -2.23. The Labute approximate surface area is 106 Å². The largest absolute Gasteiger partial charge is 0.507 e. The van der Waals surface area contributed by atoms with Crippen molar-refractivity contribution in [2.75, 3.05) is 13.7 Å². The number of halogens is 1. The maximum atomic E-state index is 11.8. The van der Waals surface area contributed by atoms with Crippen LogP contribution in [-0.2, 0) is 4.74 Å². The summed E-state index contributed by atoms with van der Waals surface area (Å²) in [6, 6.07) is 4.36. The van der Waals surface area contributed by atoms with Gasteiger partial charge in [-0.2, -0.15) is 0 Å². The molecule has 0 saturated carbocycles.